The molecular formula is C49H29N7O. The number of pyridine rings is 1. The fourth-order valence-corrected chi connectivity index (χ4v) is 7.73. The van der Waals surface area contributed by atoms with Crippen LogP contribution in [0.15, 0.2) is 181 Å². The minimum Gasteiger partial charge on any atom is -0.275 e. The van der Waals surface area contributed by atoms with E-state index in [9.17, 15) is 4.79 Å². The predicted octanol–water partition coefficient (Wildman–Crippen LogP) is 10.6. The van der Waals surface area contributed by atoms with Crippen LogP contribution in [0, 0.1) is 0 Å². The van der Waals surface area contributed by atoms with Gasteiger partial charge in [-0.1, -0.05) is 140 Å². The first-order valence-electron chi connectivity index (χ1n) is 18.7. The van der Waals surface area contributed by atoms with Gasteiger partial charge in [-0.05, 0) is 41.8 Å². The molecule has 8 nitrogen and oxygen atoms in total. The Balaban J connectivity index is 1.19. The molecule has 0 fully saturated rings. The van der Waals surface area contributed by atoms with Crippen LogP contribution >= 0.6 is 0 Å². The largest absolute Gasteiger partial charge is 0.275 e. The molecule has 0 saturated carbocycles. The molecule has 0 radical (unpaired) electrons. The van der Waals surface area contributed by atoms with Crippen molar-refractivity contribution >= 4 is 38.0 Å². The van der Waals surface area contributed by atoms with Gasteiger partial charge in [0.05, 0.1) is 11.0 Å². The number of aromatic nitrogens is 7. The lowest BCUT2D eigenvalue weighted by Gasteiger charge is -2.11. The van der Waals surface area contributed by atoms with Crippen LogP contribution in [0.25, 0.3) is 106 Å². The SMILES string of the molecule is O=c1c2ccccc2c2cc(-c3nc(-c4ccccc4)nc(-c4ccccc4)n3)cc3c4cc(-c5nc(-c6ccccc6)nc(-c6ccccc6)n5)ccc4n1c23. The zero-order chi connectivity index (χ0) is 37.9. The first-order chi connectivity index (χ1) is 28.2. The summed E-state index contributed by atoms with van der Waals surface area (Å²) < 4.78 is 1.84. The van der Waals surface area contributed by atoms with Crippen LogP contribution in [0.3, 0.4) is 0 Å². The average Bonchev–Trinajstić information content (AvgIpc) is 3.63. The van der Waals surface area contributed by atoms with Gasteiger partial charge in [0, 0.05) is 54.9 Å². The molecule has 0 aliphatic heterocycles. The Morgan fingerprint density at radius 1 is 0.298 bits per heavy atom. The third-order valence-electron chi connectivity index (χ3n) is 10.4. The van der Waals surface area contributed by atoms with Crippen LogP contribution < -0.4 is 5.56 Å². The van der Waals surface area contributed by atoms with Crippen molar-refractivity contribution in [1.29, 1.82) is 0 Å². The summed E-state index contributed by atoms with van der Waals surface area (Å²) in [7, 11) is 0. The van der Waals surface area contributed by atoms with E-state index in [-0.39, 0.29) is 5.56 Å². The number of hydrogen-bond acceptors (Lipinski definition) is 7. The summed E-state index contributed by atoms with van der Waals surface area (Å²) >= 11 is 0. The Kier molecular flexibility index (Phi) is 7.46. The molecule has 4 aromatic heterocycles. The fraction of sp³-hybridized carbons (Fsp3) is 0. The van der Waals surface area contributed by atoms with Crippen molar-refractivity contribution in [1.82, 2.24) is 34.3 Å². The van der Waals surface area contributed by atoms with Gasteiger partial charge in [0.15, 0.2) is 34.9 Å². The molecule has 0 aliphatic carbocycles. The van der Waals surface area contributed by atoms with Crippen LogP contribution in [-0.4, -0.2) is 34.3 Å². The molecule has 0 N–H and O–H groups in total. The summed E-state index contributed by atoms with van der Waals surface area (Å²) in [4.78, 5) is 44.4. The van der Waals surface area contributed by atoms with Gasteiger partial charge in [-0.25, -0.2) is 29.9 Å². The molecule has 4 heterocycles. The van der Waals surface area contributed by atoms with Crippen molar-refractivity contribution in [3.05, 3.63) is 186 Å². The first kappa shape index (κ1) is 32.5. The molecule has 0 aliphatic rings. The Hall–Kier alpha value is -7.97. The number of nitrogens with zero attached hydrogens (tertiary/aromatic N) is 7. The molecule has 57 heavy (non-hydrogen) atoms. The topological polar surface area (TPSA) is 98.8 Å². The van der Waals surface area contributed by atoms with E-state index >= 15 is 0 Å². The van der Waals surface area contributed by atoms with E-state index in [2.05, 4.69) is 18.2 Å². The number of hydrogen-bond donors (Lipinski definition) is 0. The molecule has 11 rings (SSSR count). The smallest absolute Gasteiger partial charge is 0.263 e. The lowest BCUT2D eigenvalue weighted by molar-refractivity contribution is 1.07. The average molecular weight is 732 g/mol. The summed E-state index contributed by atoms with van der Waals surface area (Å²) in [6, 6.07) is 57.8. The number of fused-ring (bicyclic) bond motifs is 5. The highest BCUT2D eigenvalue weighted by atomic mass is 16.1. The van der Waals surface area contributed by atoms with Gasteiger partial charge < -0.3 is 0 Å². The Morgan fingerprint density at radius 2 is 0.649 bits per heavy atom. The molecule has 0 spiro atoms. The van der Waals surface area contributed by atoms with Crippen molar-refractivity contribution in [2.45, 2.75) is 0 Å². The lowest BCUT2D eigenvalue weighted by Crippen LogP contribution is -2.12. The molecule has 0 amide bonds. The van der Waals surface area contributed by atoms with E-state index in [1.807, 2.05) is 162 Å². The zero-order valence-electron chi connectivity index (χ0n) is 30.3. The van der Waals surface area contributed by atoms with Gasteiger partial charge in [-0.2, -0.15) is 0 Å². The van der Waals surface area contributed by atoms with E-state index < -0.39 is 0 Å². The molecule has 266 valence electrons. The number of benzene rings is 7. The second kappa shape index (κ2) is 13.1. The van der Waals surface area contributed by atoms with Crippen molar-refractivity contribution < 1.29 is 0 Å². The molecule has 0 bridgehead atoms. The maximum Gasteiger partial charge on any atom is 0.263 e. The van der Waals surface area contributed by atoms with Crippen LogP contribution in [0.2, 0.25) is 0 Å². The van der Waals surface area contributed by atoms with Gasteiger partial charge >= 0.3 is 0 Å². The molecule has 0 atom stereocenters. The third-order valence-corrected chi connectivity index (χ3v) is 10.4. The van der Waals surface area contributed by atoms with Crippen molar-refractivity contribution in [2.24, 2.45) is 0 Å². The summed E-state index contributed by atoms with van der Waals surface area (Å²) in [5.74, 6) is 3.37. The van der Waals surface area contributed by atoms with Gasteiger partial charge in [-0.3, -0.25) is 9.20 Å². The van der Waals surface area contributed by atoms with Crippen LogP contribution in [-0.2, 0) is 0 Å². The predicted molar refractivity (Wildman–Crippen MR) is 227 cm³/mol. The fourth-order valence-electron chi connectivity index (χ4n) is 7.73. The van der Waals surface area contributed by atoms with Crippen molar-refractivity contribution in [2.75, 3.05) is 0 Å². The molecule has 7 aromatic carbocycles. The van der Waals surface area contributed by atoms with Crippen LogP contribution in [0.4, 0.5) is 0 Å². The highest BCUT2D eigenvalue weighted by Crippen LogP contribution is 2.39. The Bertz CT molecular complexity index is 3240. The number of rotatable bonds is 6. The van der Waals surface area contributed by atoms with E-state index in [4.69, 9.17) is 29.9 Å². The zero-order valence-corrected chi connectivity index (χ0v) is 30.3. The van der Waals surface area contributed by atoms with Crippen LogP contribution in [0.1, 0.15) is 0 Å². The minimum atomic E-state index is -0.0747. The van der Waals surface area contributed by atoms with E-state index in [1.54, 1.807) is 0 Å². The summed E-state index contributed by atoms with van der Waals surface area (Å²) in [6.45, 7) is 0. The van der Waals surface area contributed by atoms with Crippen LogP contribution in [0.5, 0.6) is 0 Å². The Labute approximate surface area is 325 Å². The molecule has 8 heteroatoms. The Morgan fingerprint density at radius 3 is 1.11 bits per heavy atom. The van der Waals surface area contributed by atoms with Gasteiger partial charge in [0.1, 0.15) is 0 Å². The second-order valence-electron chi connectivity index (χ2n) is 13.9. The molecule has 11 aromatic rings. The van der Waals surface area contributed by atoms with Gasteiger partial charge in [0.2, 0.25) is 0 Å². The van der Waals surface area contributed by atoms with Crippen molar-refractivity contribution in [3.63, 3.8) is 0 Å². The van der Waals surface area contributed by atoms with Crippen molar-refractivity contribution in [3.8, 4) is 68.3 Å². The quantitative estimate of drug-likeness (QED) is 0.157. The maximum absolute atomic E-state index is 14.4. The molecule has 0 saturated heterocycles. The monoisotopic (exact) mass is 731 g/mol. The van der Waals surface area contributed by atoms with Gasteiger partial charge in [-0.15, -0.1) is 0 Å². The second-order valence-corrected chi connectivity index (χ2v) is 13.9. The first-order valence-corrected chi connectivity index (χ1v) is 18.7. The summed E-state index contributed by atoms with van der Waals surface area (Å²) in [6.07, 6.45) is 0. The standard InChI is InChI=1S/C49H29N7O/c57-49-37-24-14-13-23-36(37)39-28-35(48-54-45(32-19-9-3-10-20-32)51-46(55-48)33-21-11-4-12-22-33)29-40-38-27-34(25-26-41(38)56(49)42(39)40)47-52-43(30-15-5-1-6-16-30)50-44(53-47)31-17-7-2-8-18-31/h1-29H. The normalized spacial score (nSPS) is 11.6. The third kappa shape index (κ3) is 5.50. The van der Waals surface area contributed by atoms with E-state index in [0.29, 0.717) is 40.3 Å². The highest BCUT2D eigenvalue weighted by Gasteiger charge is 2.22. The molecule has 0 unspecified atom stereocenters. The minimum absolute atomic E-state index is 0.0747. The van der Waals surface area contributed by atoms with Gasteiger partial charge in [0.25, 0.3) is 5.56 Å². The lowest BCUT2D eigenvalue weighted by atomic mass is 10.0. The highest BCUT2D eigenvalue weighted by molar-refractivity contribution is 6.21. The van der Waals surface area contributed by atoms with E-state index in [1.165, 1.54) is 0 Å². The van der Waals surface area contributed by atoms with E-state index in [0.717, 1.165) is 66.0 Å². The maximum atomic E-state index is 14.4. The summed E-state index contributed by atoms with van der Waals surface area (Å²) in [5.41, 5.74) is 6.71. The summed E-state index contributed by atoms with van der Waals surface area (Å²) in [5, 5.41) is 4.20. The molecular weight excluding hydrogens is 703 g/mol.